The smallest absolute Gasteiger partial charge is 0.134 e. The maximum Gasteiger partial charge on any atom is 0.134 e. The lowest BCUT2D eigenvalue weighted by Crippen LogP contribution is -2.58. The van der Waals surface area contributed by atoms with Crippen molar-refractivity contribution in [2.24, 2.45) is 17.8 Å². The van der Waals surface area contributed by atoms with E-state index >= 15 is 0 Å². The first kappa shape index (κ1) is 12.3. The van der Waals surface area contributed by atoms with Gasteiger partial charge in [0.15, 0.2) is 0 Å². The van der Waals surface area contributed by atoms with Crippen LogP contribution in [0.5, 0.6) is 0 Å². The van der Waals surface area contributed by atoms with Crippen molar-refractivity contribution < 1.29 is 4.42 Å². The maximum atomic E-state index is 5.68. The highest BCUT2D eigenvalue weighted by atomic mass is 16.3. The molecule has 0 atom stereocenters. The third-order valence-corrected chi connectivity index (χ3v) is 6.25. The summed E-state index contributed by atoms with van der Waals surface area (Å²) in [5.74, 6) is 3.01. The molecule has 1 aromatic carbocycles. The van der Waals surface area contributed by atoms with Gasteiger partial charge in [0.1, 0.15) is 5.58 Å². The molecular formula is C19H23NO. The Labute approximate surface area is 125 Å². The fraction of sp³-hybridized carbons (Fsp3) is 0.579. The molecule has 2 aromatic rings. The van der Waals surface area contributed by atoms with E-state index in [2.05, 4.69) is 23.5 Å². The molecule has 0 spiro atoms. The van der Waals surface area contributed by atoms with Gasteiger partial charge in [-0.15, -0.1) is 0 Å². The number of hydrogen-bond donors (Lipinski definition) is 1. The van der Waals surface area contributed by atoms with Crippen molar-refractivity contribution in [3.63, 3.8) is 0 Å². The SMILES string of the molecule is c1ccc2c(CNC34CC5CC(CC(C5)C3)C4)coc2c1. The Morgan fingerprint density at radius 2 is 1.67 bits per heavy atom. The Morgan fingerprint density at radius 1 is 1.00 bits per heavy atom. The minimum atomic E-state index is 0.438. The van der Waals surface area contributed by atoms with E-state index in [9.17, 15) is 0 Å². The number of para-hydroxylation sites is 1. The molecule has 21 heavy (non-hydrogen) atoms. The van der Waals surface area contributed by atoms with Crippen molar-refractivity contribution in [3.05, 3.63) is 36.1 Å². The van der Waals surface area contributed by atoms with Gasteiger partial charge in [0.25, 0.3) is 0 Å². The normalized spacial score (nSPS) is 37.4. The molecule has 110 valence electrons. The van der Waals surface area contributed by atoms with Gasteiger partial charge in [0, 0.05) is 23.0 Å². The van der Waals surface area contributed by atoms with Gasteiger partial charge in [0.2, 0.25) is 0 Å². The molecule has 1 aromatic heterocycles. The summed E-state index contributed by atoms with van der Waals surface area (Å²) in [6.07, 6.45) is 10.7. The van der Waals surface area contributed by atoms with E-state index in [0.717, 1.165) is 29.9 Å². The van der Waals surface area contributed by atoms with Crippen molar-refractivity contribution in [2.45, 2.75) is 50.6 Å². The Kier molecular flexibility index (Phi) is 2.55. The van der Waals surface area contributed by atoms with Gasteiger partial charge in [-0.1, -0.05) is 18.2 Å². The topological polar surface area (TPSA) is 25.2 Å². The van der Waals surface area contributed by atoms with Crippen molar-refractivity contribution in [3.8, 4) is 0 Å². The van der Waals surface area contributed by atoms with Gasteiger partial charge in [-0.3, -0.25) is 0 Å². The number of furan rings is 1. The van der Waals surface area contributed by atoms with Gasteiger partial charge >= 0.3 is 0 Å². The highest BCUT2D eigenvalue weighted by Crippen LogP contribution is 2.55. The minimum absolute atomic E-state index is 0.438. The zero-order chi connectivity index (χ0) is 13.9. The number of nitrogens with one attached hydrogen (secondary N) is 1. The summed E-state index contributed by atoms with van der Waals surface area (Å²) in [4.78, 5) is 0. The van der Waals surface area contributed by atoms with Gasteiger partial charge in [0.05, 0.1) is 6.26 Å². The lowest BCUT2D eigenvalue weighted by atomic mass is 9.53. The first-order valence-corrected chi connectivity index (χ1v) is 8.50. The van der Waals surface area contributed by atoms with E-state index in [0.29, 0.717) is 5.54 Å². The zero-order valence-electron chi connectivity index (χ0n) is 12.5. The van der Waals surface area contributed by atoms with Crippen molar-refractivity contribution in [1.29, 1.82) is 0 Å². The van der Waals surface area contributed by atoms with E-state index in [1.54, 1.807) is 0 Å². The largest absolute Gasteiger partial charge is 0.464 e. The quantitative estimate of drug-likeness (QED) is 0.896. The molecule has 0 aliphatic heterocycles. The van der Waals surface area contributed by atoms with Crippen LogP contribution in [0.2, 0.25) is 0 Å². The predicted molar refractivity (Wildman–Crippen MR) is 84.0 cm³/mol. The summed E-state index contributed by atoms with van der Waals surface area (Å²) >= 11 is 0. The molecule has 4 bridgehead atoms. The molecule has 4 aliphatic carbocycles. The second-order valence-electron chi connectivity index (χ2n) is 7.81. The second kappa shape index (κ2) is 4.36. The predicted octanol–water partition coefficient (Wildman–Crippen LogP) is 4.49. The zero-order valence-corrected chi connectivity index (χ0v) is 12.5. The van der Waals surface area contributed by atoms with Crippen molar-refractivity contribution in [2.75, 3.05) is 0 Å². The number of hydrogen-bond acceptors (Lipinski definition) is 2. The Hall–Kier alpha value is -1.28. The lowest BCUT2D eigenvalue weighted by Gasteiger charge is -2.57. The second-order valence-corrected chi connectivity index (χ2v) is 7.81. The highest BCUT2D eigenvalue weighted by molar-refractivity contribution is 5.80. The van der Waals surface area contributed by atoms with Crippen LogP contribution in [-0.2, 0) is 6.54 Å². The monoisotopic (exact) mass is 281 g/mol. The molecule has 6 rings (SSSR count). The van der Waals surface area contributed by atoms with E-state index in [1.165, 1.54) is 49.5 Å². The standard InChI is InChI=1S/C19H23NO/c1-2-4-18-17(3-1)16(12-21-18)11-20-19-8-13-5-14(9-19)7-15(6-13)10-19/h1-4,12-15,20H,5-11H2. The first-order chi connectivity index (χ1) is 10.3. The van der Waals surface area contributed by atoms with Crippen LogP contribution in [0, 0.1) is 17.8 Å². The number of benzene rings is 1. The molecule has 2 heteroatoms. The van der Waals surface area contributed by atoms with Crippen LogP contribution in [0.4, 0.5) is 0 Å². The number of rotatable bonds is 3. The molecule has 1 N–H and O–H groups in total. The van der Waals surface area contributed by atoms with Crippen LogP contribution < -0.4 is 5.32 Å². The van der Waals surface area contributed by atoms with Crippen LogP contribution in [0.15, 0.2) is 34.9 Å². The van der Waals surface area contributed by atoms with Crippen LogP contribution in [0.3, 0.4) is 0 Å². The van der Waals surface area contributed by atoms with Crippen molar-refractivity contribution in [1.82, 2.24) is 5.32 Å². The fourth-order valence-electron chi connectivity index (χ4n) is 5.78. The minimum Gasteiger partial charge on any atom is -0.464 e. The van der Waals surface area contributed by atoms with Gasteiger partial charge in [-0.25, -0.2) is 0 Å². The lowest BCUT2D eigenvalue weighted by molar-refractivity contribution is -0.0205. The van der Waals surface area contributed by atoms with Crippen molar-refractivity contribution >= 4 is 11.0 Å². The molecule has 1 heterocycles. The summed E-state index contributed by atoms with van der Waals surface area (Å²) in [5, 5.41) is 5.23. The molecular weight excluding hydrogens is 258 g/mol. The molecule has 0 radical (unpaired) electrons. The third-order valence-electron chi connectivity index (χ3n) is 6.25. The van der Waals surface area contributed by atoms with Gasteiger partial charge in [-0.2, -0.15) is 0 Å². The Morgan fingerprint density at radius 3 is 2.38 bits per heavy atom. The number of fused-ring (bicyclic) bond motifs is 1. The molecule has 0 amide bonds. The molecule has 4 saturated carbocycles. The van der Waals surface area contributed by atoms with Crippen LogP contribution in [0.25, 0.3) is 11.0 Å². The van der Waals surface area contributed by atoms with Crippen LogP contribution in [0.1, 0.15) is 44.1 Å². The summed E-state index contributed by atoms with van der Waals surface area (Å²) in [6, 6.07) is 8.38. The van der Waals surface area contributed by atoms with Gasteiger partial charge < -0.3 is 9.73 Å². The molecule has 4 fully saturated rings. The maximum absolute atomic E-state index is 5.68. The van der Waals surface area contributed by atoms with E-state index in [-0.39, 0.29) is 0 Å². The van der Waals surface area contributed by atoms with E-state index in [1.807, 2.05) is 12.3 Å². The fourth-order valence-corrected chi connectivity index (χ4v) is 5.78. The van der Waals surface area contributed by atoms with E-state index in [4.69, 9.17) is 4.42 Å². The molecule has 4 aliphatic rings. The summed E-state index contributed by atoms with van der Waals surface area (Å²) in [7, 11) is 0. The van der Waals surface area contributed by atoms with Gasteiger partial charge in [-0.05, 0) is 62.3 Å². The molecule has 2 nitrogen and oxygen atoms in total. The van der Waals surface area contributed by atoms with Crippen LogP contribution >= 0.6 is 0 Å². The molecule has 0 unspecified atom stereocenters. The Balaban J connectivity index is 1.38. The van der Waals surface area contributed by atoms with Crippen LogP contribution in [-0.4, -0.2) is 5.54 Å². The summed E-state index contributed by atoms with van der Waals surface area (Å²) in [5.41, 5.74) is 2.77. The Bertz CT molecular complexity index is 636. The van der Waals surface area contributed by atoms with E-state index < -0.39 is 0 Å². The average molecular weight is 281 g/mol. The average Bonchev–Trinajstić information content (AvgIpc) is 2.87. The summed E-state index contributed by atoms with van der Waals surface area (Å²) in [6.45, 7) is 0.961. The molecule has 0 saturated heterocycles. The first-order valence-electron chi connectivity index (χ1n) is 8.50. The third kappa shape index (κ3) is 1.96. The highest BCUT2D eigenvalue weighted by Gasteiger charge is 2.50. The summed E-state index contributed by atoms with van der Waals surface area (Å²) < 4.78 is 5.68.